The number of nitrogens with one attached hydrogen (secondary N) is 1. The van der Waals surface area contributed by atoms with Crippen LogP contribution in [0, 0.1) is 0 Å². The largest absolute Gasteiger partial charge is 0.416 e. The van der Waals surface area contributed by atoms with Crippen molar-refractivity contribution in [2.75, 3.05) is 0 Å². The van der Waals surface area contributed by atoms with Crippen LogP contribution in [0.25, 0.3) is 0 Å². The van der Waals surface area contributed by atoms with Gasteiger partial charge in [-0.2, -0.15) is 18.7 Å². The number of carbonyl (C=O) groups is 1. The van der Waals surface area contributed by atoms with Gasteiger partial charge in [0.1, 0.15) is 0 Å². The Kier molecular flexibility index (Phi) is 4.65. The van der Waals surface area contributed by atoms with Crippen molar-refractivity contribution in [3.05, 3.63) is 58.9 Å². The molecule has 1 aromatic heterocycles. The van der Waals surface area contributed by atoms with Gasteiger partial charge in [0, 0.05) is 24.6 Å². The first-order valence-corrected chi connectivity index (χ1v) is 7.94. The topological polar surface area (TPSA) is 51.2 Å². The van der Waals surface area contributed by atoms with Crippen LogP contribution in [0.1, 0.15) is 48.1 Å². The number of hydrogen-bond acceptors (Lipinski definition) is 3. The molecule has 1 amide bonds. The summed E-state index contributed by atoms with van der Waals surface area (Å²) in [5, 5.41) is 0. The van der Waals surface area contributed by atoms with Crippen molar-refractivity contribution in [3.63, 3.8) is 0 Å². The summed E-state index contributed by atoms with van der Waals surface area (Å²) in [6, 6.07) is 7.04. The fourth-order valence-electron chi connectivity index (χ4n) is 3.13. The van der Waals surface area contributed by atoms with Gasteiger partial charge in [-0.05, 0) is 49.1 Å². The average Bonchev–Trinajstić information content (AvgIpc) is 2.58. The van der Waals surface area contributed by atoms with Crippen LogP contribution in [0.15, 0.2) is 36.5 Å². The number of carbonyl (C=O) groups excluding carboxylic acids is 1. The van der Waals surface area contributed by atoms with Gasteiger partial charge in [-0.25, -0.2) is 0 Å². The van der Waals surface area contributed by atoms with E-state index in [-0.39, 0.29) is 11.7 Å². The zero-order chi connectivity index (χ0) is 18.0. The highest BCUT2D eigenvalue weighted by atomic mass is 19.4. The Morgan fingerprint density at radius 3 is 2.84 bits per heavy atom. The molecule has 1 N–H and O–H groups in total. The molecule has 1 aromatic carbocycles. The Bertz CT molecular complexity index is 790. The van der Waals surface area contributed by atoms with Gasteiger partial charge < -0.3 is 4.84 Å². The molecule has 1 heterocycles. The summed E-state index contributed by atoms with van der Waals surface area (Å²) >= 11 is 0. The number of hydrogen-bond donors (Lipinski definition) is 1. The van der Waals surface area contributed by atoms with Gasteiger partial charge >= 0.3 is 6.18 Å². The standard InChI is InChI=1S/C18H17F3N2O2/c1-11(24)23-25-16-8-7-13(18(19,20)21)10-15(16)14-6-2-4-12-5-3-9-22-17(12)14/h3,5,7-10,14H,2,4,6H2,1H3,(H,23,24). The second-order valence-corrected chi connectivity index (χ2v) is 6.00. The molecule has 0 aliphatic heterocycles. The first kappa shape index (κ1) is 17.3. The first-order valence-electron chi connectivity index (χ1n) is 7.94. The Morgan fingerprint density at radius 2 is 2.12 bits per heavy atom. The zero-order valence-electron chi connectivity index (χ0n) is 13.6. The molecule has 0 fully saturated rings. The third-order valence-electron chi connectivity index (χ3n) is 4.21. The highest BCUT2D eigenvalue weighted by Crippen LogP contribution is 2.42. The summed E-state index contributed by atoms with van der Waals surface area (Å²) in [6.45, 7) is 1.27. The number of nitrogens with zero attached hydrogens (tertiary/aromatic N) is 1. The molecule has 1 aliphatic carbocycles. The summed E-state index contributed by atoms with van der Waals surface area (Å²) in [6.07, 6.45) is -0.455. The van der Waals surface area contributed by atoms with Crippen LogP contribution in [0.3, 0.4) is 0 Å². The molecule has 1 unspecified atom stereocenters. The molecule has 0 spiro atoms. The molecular weight excluding hydrogens is 333 g/mol. The number of pyridine rings is 1. The van der Waals surface area contributed by atoms with E-state index in [2.05, 4.69) is 10.5 Å². The minimum atomic E-state index is -4.46. The second kappa shape index (κ2) is 6.74. The van der Waals surface area contributed by atoms with Crippen LogP contribution in [0.5, 0.6) is 5.75 Å². The van der Waals surface area contributed by atoms with E-state index in [9.17, 15) is 18.0 Å². The SMILES string of the molecule is CC(=O)NOc1ccc(C(F)(F)F)cc1C1CCCc2cccnc21. The maximum Gasteiger partial charge on any atom is 0.416 e. The summed E-state index contributed by atoms with van der Waals surface area (Å²) in [5.74, 6) is -0.546. The van der Waals surface area contributed by atoms with Gasteiger partial charge in [-0.1, -0.05) is 6.07 Å². The molecule has 7 heteroatoms. The van der Waals surface area contributed by atoms with Crippen LogP contribution in [0.4, 0.5) is 13.2 Å². The quantitative estimate of drug-likeness (QED) is 0.852. The molecule has 0 radical (unpaired) electrons. The van der Waals surface area contributed by atoms with Gasteiger partial charge in [0.25, 0.3) is 0 Å². The van der Waals surface area contributed by atoms with Gasteiger partial charge in [0.2, 0.25) is 5.91 Å². The predicted octanol–water partition coefficient (Wildman–Crippen LogP) is 4.00. The number of hydroxylamine groups is 1. The number of rotatable bonds is 3. The van der Waals surface area contributed by atoms with E-state index in [0.717, 1.165) is 36.2 Å². The van der Waals surface area contributed by atoms with E-state index in [4.69, 9.17) is 4.84 Å². The third kappa shape index (κ3) is 3.75. The molecular formula is C18H17F3N2O2. The minimum absolute atomic E-state index is 0.201. The minimum Gasteiger partial charge on any atom is -0.379 e. The third-order valence-corrected chi connectivity index (χ3v) is 4.21. The number of aromatic nitrogens is 1. The molecule has 2 aromatic rings. The average molecular weight is 350 g/mol. The van der Waals surface area contributed by atoms with E-state index < -0.39 is 17.6 Å². The fourth-order valence-corrected chi connectivity index (χ4v) is 3.13. The zero-order valence-corrected chi connectivity index (χ0v) is 13.6. The molecule has 0 bridgehead atoms. The maximum atomic E-state index is 13.2. The monoisotopic (exact) mass is 350 g/mol. The summed E-state index contributed by atoms with van der Waals surface area (Å²) < 4.78 is 39.5. The highest BCUT2D eigenvalue weighted by Gasteiger charge is 2.33. The van der Waals surface area contributed by atoms with Gasteiger partial charge in [0.05, 0.1) is 11.3 Å². The van der Waals surface area contributed by atoms with Crippen molar-refractivity contribution < 1.29 is 22.8 Å². The van der Waals surface area contributed by atoms with Crippen LogP contribution in [0.2, 0.25) is 0 Å². The van der Waals surface area contributed by atoms with Crippen molar-refractivity contribution in [1.29, 1.82) is 0 Å². The van der Waals surface area contributed by atoms with Crippen molar-refractivity contribution >= 4 is 5.91 Å². The Morgan fingerprint density at radius 1 is 1.32 bits per heavy atom. The van der Waals surface area contributed by atoms with Crippen LogP contribution in [-0.4, -0.2) is 10.9 Å². The fraction of sp³-hybridized carbons (Fsp3) is 0.333. The molecule has 132 valence electrons. The Hall–Kier alpha value is -2.57. The predicted molar refractivity (Wildman–Crippen MR) is 84.9 cm³/mol. The Labute approximate surface area is 143 Å². The lowest BCUT2D eigenvalue weighted by atomic mass is 9.81. The van der Waals surface area contributed by atoms with Crippen LogP contribution < -0.4 is 10.3 Å². The van der Waals surface area contributed by atoms with Crippen molar-refractivity contribution in [2.45, 2.75) is 38.3 Å². The molecule has 25 heavy (non-hydrogen) atoms. The number of amides is 1. The van der Waals surface area contributed by atoms with Gasteiger partial charge in [0.15, 0.2) is 5.75 Å². The number of alkyl halides is 3. The molecule has 0 saturated heterocycles. The number of halogens is 3. The lowest BCUT2D eigenvalue weighted by Crippen LogP contribution is -2.25. The lowest BCUT2D eigenvalue weighted by molar-refractivity contribution is -0.137. The van der Waals surface area contributed by atoms with E-state index in [1.165, 1.54) is 13.0 Å². The lowest BCUT2D eigenvalue weighted by Gasteiger charge is -2.26. The molecule has 1 aliphatic rings. The highest BCUT2D eigenvalue weighted by molar-refractivity contribution is 5.71. The van der Waals surface area contributed by atoms with Gasteiger partial charge in [-0.15, -0.1) is 0 Å². The van der Waals surface area contributed by atoms with E-state index in [1.807, 2.05) is 12.1 Å². The summed E-state index contributed by atoms with van der Waals surface area (Å²) in [4.78, 5) is 20.7. The molecule has 0 saturated carbocycles. The normalized spacial score (nSPS) is 16.9. The number of benzene rings is 1. The second-order valence-electron chi connectivity index (χ2n) is 6.00. The smallest absolute Gasteiger partial charge is 0.379 e. The van der Waals surface area contributed by atoms with Crippen molar-refractivity contribution in [2.24, 2.45) is 0 Å². The Balaban J connectivity index is 2.07. The van der Waals surface area contributed by atoms with Crippen molar-refractivity contribution in [3.8, 4) is 5.75 Å². The van der Waals surface area contributed by atoms with Crippen molar-refractivity contribution in [1.82, 2.24) is 10.5 Å². The van der Waals surface area contributed by atoms with Crippen LogP contribution >= 0.6 is 0 Å². The molecule has 1 atom stereocenters. The van der Waals surface area contributed by atoms with E-state index in [1.54, 1.807) is 6.20 Å². The van der Waals surface area contributed by atoms with Crippen LogP contribution in [-0.2, 0) is 17.4 Å². The summed E-state index contributed by atoms with van der Waals surface area (Å²) in [5.41, 5.74) is 3.61. The maximum absolute atomic E-state index is 13.2. The van der Waals surface area contributed by atoms with Gasteiger partial charge in [-0.3, -0.25) is 9.78 Å². The number of aryl methyl sites for hydroxylation is 1. The number of fused-ring (bicyclic) bond motifs is 1. The molecule has 3 rings (SSSR count). The first-order chi connectivity index (χ1) is 11.9. The summed E-state index contributed by atoms with van der Waals surface area (Å²) in [7, 11) is 0. The van der Waals surface area contributed by atoms with E-state index in [0.29, 0.717) is 12.0 Å². The molecule has 4 nitrogen and oxygen atoms in total. The van der Waals surface area contributed by atoms with E-state index >= 15 is 0 Å².